The van der Waals surface area contributed by atoms with Crippen LogP contribution in [0.4, 0.5) is 0 Å². The summed E-state index contributed by atoms with van der Waals surface area (Å²) >= 11 is 0. The number of carbonyl (C=O) groups is 2. The summed E-state index contributed by atoms with van der Waals surface area (Å²) in [4.78, 5) is 28.5. The van der Waals surface area contributed by atoms with E-state index in [0.717, 1.165) is 50.0 Å². The summed E-state index contributed by atoms with van der Waals surface area (Å²) in [7, 11) is 3.53. The molecule has 3 atom stereocenters. The van der Waals surface area contributed by atoms with E-state index in [1.54, 1.807) is 19.0 Å². The number of aromatic amines is 1. The molecule has 2 fully saturated rings. The van der Waals surface area contributed by atoms with Gasteiger partial charge in [-0.05, 0) is 25.7 Å². The highest BCUT2D eigenvalue weighted by Crippen LogP contribution is 2.26. The van der Waals surface area contributed by atoms with Crippen LogP contribution in [0, 0.1) is 0 Å². The molecule has 8 heteroatoms. The molecule has 142 valence electrons. The van der Waals surface area contributed by atoms with E-state index in [-0.39, 0.29) is 24.0 Å². The first-order chi connectivity index (χ1) is 12.5. The van der Waals surface area contributed by atoms with E-state index < -0.39 is 0 Å². The molecule has 2 aliphatic heterocycles. The molecule has 0 aromatic carbocycles. The summed E-state index contributed by atoms with van der Waals surface area (Å²) in [6, 6.07) is 0.420. The van der Waals surface area contributed by atoms with E-state index in [1.807, 2.05) is 0 Å². The second-order valence-corrected chi connectivity index (χ2v) is 7.84. The third-order valence-corrected chi connectivity index (χ3v) is 5.75. The van der Waals surface area contributed by atoms with E-state index in [1.165, 1.54) is 0 Å². The molecule has 1 aromatic rings. The maximum absolute atomic E-state index is 12.6. The van der Waals surface area contributed by atoms with Crippen LogP contribution in [0.25, 0.3) is 0 Å². The predicted octanol–water partition coefficient (Wildman–Crippen LogP) is -0.0518. The van der Waals surface area contributed by atoms with Crippen LogP contribution in [-0.2, 0) is 22.4 Å². The molecule has 2 N–H and O–H groups in total. The average molecular weight is 361 g/mol. The van der Waals surface area contributed by atoms with Crippen LogP contribution in [0.2, 0.25) is 0 Å². The summed E-state index contributed by atoms with van der Waals surface area (Å²) < 4.78 is 5.88. The maximum Gasteiger partial charge on any atom is 0.272 e. The average Bonchev–Trinajstić information content (AvgIpc) is 3.28. The fourth-order valence-corrected chi connectivity index (χ4v) is 4.31. The van der Waals surface area contributed by atoms with Gasteiger partial charge in [0, 0.05) is 50.5 Å². The third kappa shape index (κ3) is 3.35. The molecular formula is C18H27N5O3. The van der Waals surface area contributed by atoms with Gasteiger partial charge in [0.05, 0.1) is 19.1 Å². The Kier molecular flexibility index (Phi) is 4.71. The molecular weight excluding hydrogens is 334 g/mol. The molecule has 4 rings (SSSR count). The number of fused-ring (bicyclic) bond motifs is 2. The Bertz CT molecular complexity index is 701. The summed E-state index contributed by atoms with van der Waals surface area (Å²) in [5.74, 6) is 0.0133. The van der Waals surface area contributed by atoms with Gasteiger partial charge in [-0.15, -0.1) is 0 Å². The second-order valence-electron chi connectivity index (χ2n) is 7.84. The van der Waals surface area contributed by atoms with Crippen LogP contribution in [0.15, 0.2) is 0 Å². The van der Waals surface area contributed by atoms with Crippen molar-refractivity contribution in [1.82, 2.24) is 25.3 Å². The van der Waals surface area contributed by atoms with Gasteiger partial charge < -0.3 is 15.0 Å². The van der Waals surface area contributed by atoms with E-state index >= 15 is 0 Å². The van der Waals surface area contributed by atoms with Crippen molar-refractivity contribution in [2.45, 2.75) is 50.3 Å². The second kappa shape index (κ2) is 7.00. The highest BCUT2D eigenvalue weighted by atomic mass is 16.5. The standard InChI is InChI=1S/C18H27N5O3/c1-22(2)16(24)7-13-9-23-8-11(6-12(23)10-26-13)19-18(25)17-14-4-3-5-15(14)20-21-17/h11-13H,3-10H2,1-2H3,(H,19,25)(H,20,21)/t11-,12-,13-/m0/s1. The number of hydrogen-bond acceptors (Lipinski definition) is 5. The largest absolute Gasteiger partial charge is 0.375 e. The highest BCUT2D eigenvalue weighted by molar-refractivity contribution is 5.94. The van der Waals surface area contributed by atoms with Crippen molar-refractivity contribution in [3.05, 3.63) is 17.0 Å². The Balaban J connectivity index is 1.32. The van der Waals surface area contributed by atoms with Gasteiger partial charge in [-0.3, -0.25) is 19.6 Å². The fourth-order valence-electron chi connectivity index (χ4n) is 4.31. The smallest absolute Gasteiger partial charge is 0.272 e. The summed E-state index contributed by atoms with van der Waals surface area (Å²) in [6.07, 6.45) is 4.24. The molecule has 0 radical (unpaired) electrons. The number of aromatic nitrogens is 2. The molecule has 0 unspecified atom stereocenters. The first-order valence-electron chi connectivity index (χ1n) is 9.44. The molecule has 26 heavy (non-hydrogen) atoms. The third-order valence-electron chi connectivity index (χ3n) is 5.75. The molecule has 2 saturated heterocycles. The molecule has 1 aromatic heterocycles. The normalized spacial score (nSPS) is 27.8. The van der Waals surface area contributed by atoms with Crippen molar-refractivity contribution in [3.8, 4) is 0 Å². The number of nitrogens with zero attached hydrogens (tertiary/aromatic N) is 3. The minimum absolute atomic E-state index is 0.0646. The Hall–Kier alpha value is -1.93. The number of ether oxygens (including phenoxy) is 1. The van der Waals surface area contributed by atoms with Gasteiger partial charge in [-0.1, -0.05) is 0 Å². The van der Waals surface area contributed by atoms with Gasteiger partial charge in [0.2, 0.25) is 5.91 Å². The number of rotatable bonds is 4. The first kappa shape index (κ1) is 17.5. The van der Waals surface area contributed by atoms with Gasteiger partial charge in [-0.2, -0.15) is 5.10 Å². The van der Waals surface area contributed by atoms with Crippen molar-refractivity contribution >= 4 is 11.8 Å². The quantitative estimate of drug-likeness (QED) is 0.785. The number of hydrogen-bond donors (Lipinski definition) is 2. The molecule has 3 heterocycles. The van der Waals surface area contributed by atoms with Crippen molar-refractivity contribution < 1.29 is 14.3 Å². The number of aryl methyl sites for hydroxylation is 1. The number of carbonyl (C=O) groups excluding carboxylic acids is 2. The number of H-pyrrole nitrogens is 1. The number of amides is 2. The van der Waals surface area contributed by atoms with Crippen LogP contribution in [0.1, 0.15) is 41.0 Å². The molecule has 3 aliphatic rings. The van der Waals surface area contributed by atoms with Gasteiger partial charge >= 0.3 is 0 Å². The Morgan fingerprint density at radius 1 is 1.35 bits per heavy atom. The topological polar surface area (TPSA) is 90.6 Å². The fraction of sp³-hybridized carbons (Fsp3) is 0.722. The lowest BCUT2D eigenvalue weighted by Gasteiger charge is -2.35. The number of morpholine rings is 1. The molecule has 8 nitrogen and oxygen atoms in total. The molecule has 2 amide bonds. The van der Waals surface area contributed by atoms with Crippen molar-refractivity contribution in [2.75, 3.05) is 33.8 Å². The summed E-state index contributed by atoms with van der Waals surface area (Å²) in [5, 5.41) is 10.4. The summed E-state index contributed by atoms with van der Waals surface area (Å²) in [5.41, 5.74) is 2.76. The van der Waals surface area contributed by atoms with E-state index in [0.29, 0.717) is 24.8 Å². The molecule has 1 aliphatic carbocycles. The lowest BCUT2D eigenvalue weighted by atomic mass is 10.1. The van der Waals surface area contributed by atoms with Crippen molar-refractivity contribution in [3.63, 3.8) is 0 Å². The highest BCUT2D eigenvalue weighted by Gasteiger charge is 2.39. The molecule has 0 bridgehead atoms. The number of nitrogens with one attached hydrogen (secondary N) is 2. The van der Waals surface area contributed by atoms with Gasteiger partial charge in [0.1, 0.15) is 0 Å². The van der Waals surface area contributed by atoms with Crippen molar-refractivity contribution in [1.29, 1.82) is 0 Å². The lowest BCUT2D eigenvalue weighted by molar-refractivity contribution is -0.134. The first-order valence-corrected chi connectivity index (χ1v) is 9.44. The summed E-state index contributed by atoms with van der Waals surface area (Å²) in [6.45, 7) is 2.17. The van der Waals surface area contributed by atoms with E-state index in [2.05, 4.69) is 20.4 Å². The van der Waals surface area contributed by atoms with Crippen LogP contribution in [0.5, 0.6) is 0 Å². The van der Waals surface area contributed by atoms with Crippen molar-refractivity contribution in [2.24, 2.45) is 0 Å². The monoisotopic (exact) mass is 361 g/mol. The van der Waals surface area contributed by atoms with Gasteiger partial charge in [0.25, 0.3) is 5.91 Å². The minimum atomic E-state index is -0.0745. The zero-order valence-corrected chi connectivity index (χ0v) is 15.5. The zero-order valence-electron chi connectivity index (χ0n) is 15.5. The Morgan fingerprint density at radius 2 is 2.19 bits per heavy atom. The Morgan fingerprint density at radius 3 is 3.00 bits per heavy atom. The SMILES string of the molecule is CN(C)C(=O)C[C@H]1CN2C[C@@H](NC(=O)c3n[nH]c4c3CCC4)C[C@H]2CO1. The molecule has 0 spiro atoms. The van der Waals surface area contributed by atoms with Crippen LogP contribution in [-0.4, -0.2) is 83.8 Å². The van der Waals surface area contributed by atoms with Crippen LogP contribution < -0.4 is 5.32 Å². The van der Waals surface area contributed by atoms with Crippen LogP contribution in [0.3, 0.4) is 0 Å². The lowest BCUT2D eigenvalue weighted by Crippen LogP contribution is -2.47. The van der Waals surface area contributed by atoms with E-state index in [4.69, 9.17) is 4.74 Å². The Labute approximate surface area is 153 Å². The molecule has 0 saturated carbocycles. The van der Waals surface area contributed by atoms with Gasteiger partial charge in [-0.25, -0.2) is 0 Å². The predicted molar refractivity (Wildman–Crippen MR) is 94.9 cm³/mol. The van der Waals surface area contributed by atoms with Gasteiger partial charge in [0.15, 0.2) is 5.69 Å². The zero-order chi connectivity index (χ0) is 18.3. The van der Waals surface area contributed by atoms with E-state index in [9.17, 15) is 9.59 Å². The minimum Gasteiger partial charge on any atom is -0.375 e. The maximum atomic E-state index is 12.6. The van der Waals surface area contributed by atoms with Crippen LogP contribution >= 0.6 is 0 Å².